The van der Waals surface area contributed by atoms with Crippen LogP contribution in [-0.4, -0.2) is 38.7 Å². The van der Waals surface area contributed by atoms with Gasteiger partial charge >= 0.3 is 0 Å². The fourth-order valence-corrected chi connectivity index (χ4v) is 3.77. The summed E-state index contributed by atoms with van der Waals surface area (Å²) in [5.41, 5.74) is 7.58. The summed E-state index contributed by atoms with van der Waals surface area (Å²) in [6, 6.07) is 8.35. The molecule has 0 aromatic heterocycles. The van der Waals surface area contributed by atoms with Crippen LogP contribution in [0.15, 0.2) is 24.3 Å². The second-order valence-corrected chi connectivity index (χ2v) is 5.38. The van der Waals surface area contributed by atoms with Crippen molar-refractivity contribution in [2.75, 3.05) is 33.8 Å². The molecule has 2 atom stereocenters. The first-order chi connectivity index (χ1) is 8.24. The number of methoxy groups -OCH3 is 1. The lowest BCUT2D eigenvalue weighted by Crippen LogP contribution is -2.33. The molecule has 0 amide bonds. The molecule has 3 heteroatoms. The molecule has 0 radical (unpaired) electrons. The van der Waals surface area contributed by atoms with Gasteiger partial charge in [0.25, 0.3) is 0 Å². The SMILES string of the molecule is COc1ccccc1C1(CN)C2CN(C)CC21. The molecule has 2 N–H and O–H groups in total. The third-order valence-corrected chi connectivity index (χ3v) is 4.66. The van der Waals surface area contributed by atoms with Crippen LogP contribution in [0.3, 0.4) is 0 Å². The minimum atomic E-state index is 0.180. The first kappa shape index (κ1) is 11.1. The van der Waals surface area contributed by atoms with E-state index in [1.54, 1.807) is 7.11 Å². The van der Waals surface area contributed by atoms with Crippen LogP contribution in [-0.2, 0) is 5.41 Å². The first-order valence-corrected chi connectivity index (χ1v) is 6.26. The second kappa shape index (κ2) is 3.72. The number of para-hydroxylation sites is 1. The summed E-state index contributed by atoms with van der Waals surface area (Å²) in [4.78, 5) is 2.40. The largest absolute Gasteiger partial charge is 0.496 e. The molecule has 1 saturated carbocycles. The molecule has 3 nitrogen and oxygen atoms in total. The normalized spacial score (nSPS) is 35.7. The quantitative estimate of drug-likeness (QED) is 0.847. The van der Waals surface area contributed by atoms with Crippen molar-refractivity contribution in [3.05, 3.63) is 29.8 Å². The second-order valence-electron chi connectivity index (χ2n) is 5.38. The van der Waals surface area contributed by atoms with Gasteiger partial charge in [0.1, 0.15) is 5.75 Å². The van der Waals surface area contributed by atoms with E-state index in [1.807, 2.05) is 12.1 Å². The number of hydrogen-bond donors (Lipinski definition) is 1. The maximum atomic E-state index is 6.09. The fraction of sp³-hybridized carbons (Fsp3) is 0.571. The Morgan fingerprint density at radius 1 is 1.35 bits per heavy atom. The Kier molecular flexibility index (Phi) is 2.42. The summed E-state index contributed by atoms with van der Waals surface area (Å²) in [5.74, 6) is 2.43. The lowest BCUT2D eigenvalue weighted by atomic mass is 9.89. The van der Waals surface area contributed by atoms with Gasteiger partial charge in [0.15, 0.2) is 0 Å². The van der Waals surface area contributed by atoms with Crippen LogP contribution in [0, 0.1) is 11.8 Å². The Balaban J connectivity index is 1.98. The summed E-state index contributed by atoms with van der Waals surface area (Å²) in [7, 11) is 3.93. The monoisotopic (exact) mass is 232 g/mol. The van der Waals surface area contributed by atoms with Gasteiger partial charge in [-0.2, -0.15) is 0 Å². The minimum Gasteiger partial charge on any atom is -0.496 e. The molecule has 1 aliphatic heterocycles. The van der Waals surface area contributed by atoms with E-state index in [1.165, 1.54) is 18.7 Å². The molecule has 17 heavy (non-hydrogen) atoms. The number of hydrogen-bond acceptors (Lipinski definition) is 3. The van der Waals surface area contributed by atoms with E-state index >= 15 is 0 Å². The number of piperidine rings is 1. The van der Waals surface area contributed by atoms with Crippen molar-refractivity contribution in [2.45, 2.75) is 5.41 Å². The van der Waals surface area contributed by atoms with Crippen LogP contribution in [0.4, 0.5) is 0 Å². The minimum absolute atomic E-state index is 0.180. The van der Waals surface area contributed by atoms with Gasteiger partial charge in [-0.25, -0.2) is 0 Å². The molecular formula is C14H20N2O. The van der Waals surface area contributed by atoms with E-state index in [9.17, 15) is 0 Å². The zero-order valence-corrected chi connectivity index (χ0v) is 10.5. The van der Waals surface area contributed by atoms with Gasteiger partial charge in [0.05, 0.1) is 7.11 Å². The van der Waals surface area contributed by atoms with Crippen molar-refractivity contribution in [2.24, 2.45) is 17.6 Å². The Morgan fingerprint density at radius 3 is 2.59 bits per heavy atom. The first-order valence-electron chi connectivity index (χ1n) is 6.26. The molecule has 0 bridgehead atoms. The highest BCUT2D eigenvalue weighted by Crippen LogP contribution is 2.64. The van der Waals surface area contributed by atoms with Crippen LogP contribution in [0.25, 0.3) is 0 Å². The molecule has 1 heterocycles. The predicted octanol–water partition coefficient (Wildman–Crippen LogP) is 1.08. The summed E-state index contributed by atoms with van der Waals surface area (Å²) >= 11 is 0. The van der Waals surface area contributed by atoms with Crippen LogP contribution < -0.4 is 10.5 Å². The van der Waals surface area contributed by atoms with E-state index < -0.39 is 0 Å². The highest BCUT2D eigenvalue weighted by atomic mass is 16.5. The van der Waals surface area contributed by atoms with E-state index in [4.69, 9.17) is 10.5 Å². The molecule has 2 aliphatic rings. The molecule has 1 aromatic carbocycles. The Labute approximate surface area is 103 Å². The number of likely N-dealkylation sites (tertiary alicyclic amines) is 1. The van der Waals surface area contributed by atoms with Crippen molar-refractivity contribution in [3.63, 3.8) is 0 Å². The maximum absolute atomic E-state index is 6.09. The topological polar surface area (TPSA) is 38.5 Å². The number of nitrogens with two attached hydrogens (primary N) is 1. The number of fused-ring (bicyclic) bond motifs is 1. The van der Waals surface area contributed by atoms with Crippen LogP contribution in [0.1, 0.15) is 5.56 Å². The zero-order chi connectivity index (χ0) is 12.0. The van der Waals surface area contributed by atoms with Crippen molar-refractivity contribution < 1.29 is 4.74 Å². The molecule has 1 saturated heterocycles. The lowest BCUT2D eigenvalue weighted by Gasteiger charge is -2.25. The number of nitrogens with zero attached hydrogens (tertiary/aromatic N) is 1. The zero-order valence-electron chi connectivity index (χ0n) is 10.5. The number of ether oxygens (including phenoxy) is 1. The third-order valence-electron chi connectivity index (χ3n) is 4.66. The Bertz CT molecular complexity index is 420. The van der Waals surface area contributed by atoms with Gasteiger partial charge < -0.3 is 15.4 Å². The summed E-state index contributed by atoms with van der Waals surface area (Å²) < 4.78 is 5.50. The molecular weight excluding hydrogens is 212 g/mol. The number of rotatable bonds is 3. The Morgan fingerprint density at radius 2 is 2.00 bits per heavy atom. The van der Waals surface area contributed by atoms with Gasteiger partial charge in [-0.15, -0.1) is 0 Å². The average Bonchev–Trinajstić information content (AvgIpc) is 2.75. The van der Waals surface area contributed by atoms with E-state index in [-0.39, 0.29) is 5.41 Å². The fourth-order valence-electron chi connectivity index (χ4n) is 3.77. The highest BCUT2D eigenvalue weighted by Gasteiger charge is 2.68. The van der Waals surface area contributed by atoms with Crippen molar-refractivity contribution in [1.82, 2.24) is 4.90 Å². The molecule has 1 aliphatic carbocycles. The summed E-state index contributed by atoms with van der Waals surface area (Å²) in [6.07, 6.45) is 0. The third kappa shape index (κ3) is 1.36. The van der Waals surface area contributed by atoms with Crippen molar-refractivity contribution >= 4 is 0 Å². The maximum Gasteiger partial charge on any atom is 0.122 e. The standard InChI is InChI=1S/C14H20N2O/c1-16-7-11-12(8-16)14(11,9-15)10-5-3-4-6-13(10)17-2/h3-6,11-12H,7-9,15H2,1-2H3. The smallest absolute Gasteiger partial charge is 0.122 e. The number of benzene rings is 1. The van der Waals surface area contributed by atoms with Crippen molar-refractivity contribution in [3.8, 4) is 5.75 Å². The van der Waals surface area contributed by atoms with E-state index in [0.29, 0.717) is 11.8 Å². The van der Waals surface area contributed by atoms with Gasteiger partial charge in [-0.3, -0.25) is 0 Å². The van der Waals surface area contributed by atoms with Crippen LogP contribution in [0.2, 0.25) is 0 Å². The molecule has 1 aromatic rings. The lowest BCUT2D eigenvalue weighted by molar-refractivity contribution is 0.320. The van der Waals surface area contributed by atoms with E-state index in [0.717, 1.165) is 12.3 Å². The Hall–Kier alpha value is -1.06. The summed E-state index contributed by atoms with van der Waals surface area (Å²) in [6.45, 7) is 3.07. The highest BCUT2D eigenvalue weighted by molar-refractivity contribution is 5.48. The molecule has 92 valence electrons. The van der Waals surface area contributed by atoms with E-state index in [2.05, 4.69) is 24.1 Å². The van der Waals surface area contributed by atoms with Gasteiger partial charge in [-0.1, -0.05) is 18.2 Å². The van der Waals surface area contributed by atoms with Crippen LogP contribution in [0.5, 0.6) is 5.75 Å². The van der Waals surface area contributed by atoms with Gasteiger partial charge in [0.2, 0.25) is 0 Å². The molecule has 2 fully saturated rings. The average molecular weight is 232 g/mol. The molecule has 2 unspecified atom stereocenters. The van der Waals surface area contributed by atoms with Crippen LogP contribution >= 0.6 is 0 Å². The van der Waals surface area contributed by atoms with Gasteiger partial charge in [-0.05, 0) is 24.9 Å². The van der Waals surface area contributed by atoms with Gasteiger partial charge in [0, 0.05) is 30.6 Å². The predicted molar refractivity (Wildman–Crippen MR) is 68.2 cm³/mol. The molecule has 3 rings (SSSR count). The molecule has 0 spiro atoms. The van der Waals surface area contributed by atoms with Crippen molar-refractivity contribution in [1.29, 1.82) is 0 Å². The summed E-state index contributed by atoms with van der Waals surface area (Å²) in [5, 5.41) is 0.